The van der Waals surface area contributed by atoms with E-state index in [0.717, 1.165) is 25.7 Å². The Labute approximate surface area is 117 Å². The molecule has 2 heterocycles. The molecule has 0 atom stereocenters. The monoisotopic (exact) mass is 289 g/mol. The van der Waals surface area contributed by atoms with Crippen molar-refractivity contribution >= 4 is 10.2 Å². The lowest BCUT2D eigenvalue weighted by atomic mass is 9.83. The summed E-state index contributed by atoms with van der Waals surface area (Å²) in [6.07, 6.45) is 3.70. The van der Waals surface area contributed by atoms with E-state index in [1.54, 1.807) is 8.61 Å². The minimum atomic E-state index is -3.24. The summed E-state index contributed by atoms with van der Waals surface area (Å²) in [7, 11) is -3.24. The van der Waals surface area contributed by atoms with Crippen LogP contribution >= 0.6 is 0 Å². The molecular weight excluding hydrogens is 262 g/mol. The van der Waals surface area contributed by atoms with E-state index in [9.17, 15) is 8.42 Å². The maximum absolute atomic E-state index is 12.6. The number of rotatable bonds is 3. The second-order valence-electron chi connectivity index (χ2n) is 6.65. The van der Waals surface area contributed by atoms with Crippen LogP contribution in [-0.4, -0.2) is 49.8 Å². The minimum Gasteiger partial charge on any atom is -0.330 e. The van der Waals surface area contributed by atoms with Crippen molar-refractivity contribution in [3.05, 3.63) is 0 Å². The fourth-order valence-corrected chi connectivity index (χ4v) is 4.50. The van der Waals surface area contributed by atoms with Gasteiger partial charge in [-0.2, -0.15) is 17.0 Å². The second kappa shape index (κ2) is 5.68. The summed E-state index contributed by atoms with van der Waals surface area (Å²) in [5.74, 6) is 0.492. The molecule has 5 nitrogen and oxygen atoms in total. The minimum absolute atomic E-state index is 0.276. The summed E-state index contributed by atoms with van der Waals surface area (Å²) in [5, 5.41) is 0. The molecule has 2 rings (SSSR count). The summed E-state index contributed by atoms with van der Waals surface area (Å²) in [5.41, 5.74) is 5.93. The van der Waals surface area contributed by atoms with E-state index in [1.807, 2.05) is 0 Å². The third-order valence-corrected chi connectivity index (χ3v) is 6.67. The van der Waals surface area contributed by atoms with E-state index in [-0.39, 0.29) is 5.41 Å². The van der Waals surface area contributed by atoms with Crippen molar-refractivity contribution in [3.63, 3.8) is 0 Å². The quantitative estimate of drug-likeness (QED) is 0.843. The zero-order valence-corrected chi connectivity index (χ0v) is 13.0. The Balaban J connectivity index is 1.96. The van der Waals surface area contributed by atoms with Crippen molar-refractivity contribution < 1.29 is 8.42 Å². The lowest BCUT2D eigenvalue weighted by Crippen LogP contribution is -2.50. The zero-order valence-electron chi connectivity index (χ0n) is 12.1. The van der Waals surface area contributed by atoms with Crippen LogP contribution in [0.2, 0.25) is 0 Å². The lowest BCUT2D eigenvalue weighted by molar-refractivity contribution is 0.180. The van der Waals surface area contributed by atoms with Gasteiger partial charge >= 0.3 is 0 Å². The normalized spacial score (nSPS) is 27.5. The van der Waals surface area contributed by atoms with Gasteiger partial charge in [-0.25, -0.2) is 0 Å². The Morgan fingerprint density at radius 3 is 2.00 bits per heavy atom. The molecule has 0 saturated carbocycles. The highest BCUT2D eigenvalue weighted by Crippen LogP contribution is 2.32. The summed E-state index contributed by atoms with van der Waals surface area (Å²) in [6.45, 7) is 7.67. The van der Waals surface area contributed by atoms with Crippen molar-refractivity contribution in [2.75, 3.05) is 32.7 Å². The fourth-order valence-electron chi connectivity index (χ4n) is 2.86. The van der Waals surface area contributed by atoms with Crippen LogP contribution in [0.4, 0.5) is 0 Å². The average molecular weight is 289 g/mol. The van der Waals surface area contributed by atoms with Gasteiger partial charge in [-0.15, -0.1) is 0 Å². The largest absolute Gasteiger partial charge is 0.330 e. The molecule has 0 aromatic carbocycles. The Bertz CT molecular complexity index is 390. The molecule has 2 saturated heterocycles. The number of hydrogen-bond donors (Lipinski definition) is 1. The molecule has 0 aromatic heterocycles. The Morgan fingerprint density at radius 1 is 1.05 bits per heavy atom. The van der Waals surface area contributed by atoms with Gasteiger partial charge < -0.3 is 5.73 Å². The molecule has 0 aromatic rings. The molecule has 2 fully saturated rings. The predicted molar refractivity (Wildman–Crippen MR) is 76.9 cm³/mol. The third kappa shape index (κ3) is 3.48. The SMILES string of the molecule is CC1(C)CCN(S(=O)(=O)N2CCC(CN)CC2)CC1. The van der Waals surface area contributed by atoms with E-state index in [1.165, 1.54) is 0 Å². The van der Waals surface area contributed by atoms with Gasteiger partial charge in [-0.3, -0.25) is 0 Å². The van der Waals surface area contributed by atoms with Crippen LogP contribution < -0.4 is 5.73 Å². The van der Waals surface area contributed by atoms with E-state index >= 15 is 0 Å². The second-order valence-corrected chi connectivity index (χ2v) is 8.58. The van der Waals surface area contributed by atoms with Gasteiger partial charge in [0.15, 0.2) is 0 Å². The molecule has 0 radical (unpaired) electrons. The Kier molecular flexibility index (Phi) is 4.55. The van der Waals surface area contributed by atoms with Crippen molar-refractivity contribution in [2.24, 2.45) is 17.1 Å². The van der Waals surface area contributed by atoms with Gasteiger partial charge in [0.2, 0.25) is 0 Å². The molecule has 0 unspecified atom stereocenters. The van der Waals surface area contributed by atoms with Gasteiger partial charge in [0.05, 0.1) is 0 Å². The maximum Gasteiger partial charge on any atom is 0.281 e. The average Bonchev–Trinajstić information content (AvgIpc) is 2.38. The van der Waals surface area contributed by atoms with E-state index < -0.39 is 10.2 Å². The van der Waals surface area contributed by atoms with Crippen molar-refractivity contribution in [1.29, 1.82) is 0 Å². The van der Waals surface area contributed by atoms with Gasteiger partial charge in [0, 0.05) is 26.2 Å². The Hall–Kier alpha value is -0.170. The molecule has 6 heteroatoms. The highest BCUT2D eigenvalue weighted by molar-refractivity contribution is 7.86. The predicted octanol–water partition coefficient (Wildman–Crippen LogP) is 1.02. The summed E-state index contributed by atoms with van der Waals surface area (Å²) in [6, 6.07) is 0. The first-order valence-electron chi connectivity index (χ1n) is 7.30. The highest BCUT2D eigenvalue weighted by Gasteiger charge is 2.36. The van der Waals surface area contributed by atoms with Gasteiger partial charge in [-0.05, 0) is 43.6 Å². The molecule has 0 spiro atoms. The van der Waals surface area contributed by atoms with Crippen LogP contribution in [0.25, 0.3) is 0 Å². The number of nitrogens with two attached hydrogens (primary N) is 1. The number of piperidine rings is 2. The van der Waals surface area contributed by atoms with Gasteiger partial charge in [0.1, 0.15) is 0 Å². The van der Waals surface area contributed by atoms with E-state index in [2.05, 4.69) is 13.8 Å². The summed E-state index contributed by atoms with van der Waals surface area (Å²) < 4.78 is 28.5. The molecule has 2 aliphatic heterocycles. The van der Waals surface area contributed by atoms with E-state index in [4.69, 9.17) is 5.73 Å². The first kappa shape index (κ1) is 15.2. The molecule has 2 N–H and O–H groups in total. The topological polar surface area (TPSA) is 66.6 Å². The molecular formula is C13H27N3O2S. The van der Waals surface area contributed by atoms with E-state index in [0.29, 0.717) is 38.6 Å². The smallest absolute Gasteiger partial charge is 0.281 e. The van der Waals surface area contributed by atoms with Crippen LogP contribution in [0.5, 0.6) is 0 Å². The maximum atomic E-state index is 12.6. The Morgan fingerprint density at radius 2 is 1.53 bits per heavy atom. The van der Waals surface area contributed by atoms with Gasteiger partial charge in [-0.1, -0.05) is 13.8 Å². The summed E-state index contributed by atoms with van der Waals surface area (Å²) in [4.78, 5) is 0. The van der Waals surface area contributed by atoms with Crippen LogP contribution in [0.1, 0.15) is 39.5 Å². The first-order valence-corrected chi connectivity index (χ1v) is 8.70. The van der Waals surface area contributed by atoms with Crippen molar-refractivity contribution in [3.8, 4) is 0 Å². The van der Waals surface area contributed by atoms with Crippen LogP contribution in [0.15, 0.2) is 0 Å². The first-order chi connectivity index (χ1) is 8.85. The molecule has 0 aliphatic carbocycles. The molecule has 2 aliphatic rings. The van der Waals surface area contributed by atoms with Crippen LogP contribution in [-0.2, 0) is 10.2 Å². The summed E-state index contributed by atoms with van der Waals surface area (Å²) >= 11 is 0. The lowest BCUT2D eigenvalue weighted by Gasteiger charge is -2.40. The molecule has 19 heavy (non-hydrogen) atoms. The van der Waals surface area contributed by atoms with Gasteiger partial charge in [0.25, 0.3) is 10.2 Å². The number of hydrogen-bond acceptors (Lipinski definition) is 3. The molecule has 0 amide bonds. The molecule has 112 valence electrons. The number of nitrogens with zero attached hydrogens (tertiary/aromatic N) is 2. The van der Waals surface area contributed by atoms with Crippen LogP contribution in [0.3, 0.4) is 0 Å². The molecule has 0 bridgehead atoms. The van der Waals surface area contributed by atoms with Crippen LogP contribution in [0, 0.1) is 11.3 Å². The highest BCUT2D eigenvalue weighted by atomic mass is 32.2. The third-order valence-electron chi connectivity index (χ3n) is 4.64. The standard InChI is InChI=1S/C13H27N3O2S/c1-13(2)5-9-16(10-6-13)19(17,18)15-7-3-12(11-14)4-8-15/h12H,3-11,14H2,1-2H3. The zero-order chi connectivity index (χ0) is 14.1. The van der Waals surface area contributed by atoms with Crippen molar-refractivity contribution in [1.82, 2.24) is 8.61 Å². The fraction of sp³-hybridized carbons (Fsp3) is 1.00. The van der Waals surface area contributed by atoms with Crippen molar-refractivity contribution in [2.45, 2.75) is 39.5 Å².